The molecular formula is C15H27N3O2. The number of ether oxygens (including phenoxy) is 1. The van der Waals surface area contributed by atoms with Gasteiger partial charge in [-0.1, -0.05) is 27.7 Å². The van der Waals surface area contributed by atoms with Gasteiger partial charge in [-0.15, -0.1) is 0 Å². The lowest BCUT2D eigenvalue weighted by Gasteiger charge is -2.24. The lowest BCUT2D eigenvalue weighted by molar-refractivity contribution is 0.157. The Balaban J connectivity index is 2.71. The largest absolute Gasteiger partial charge is 0.385 e. The zero-order chi connectivity index (χ0) is 15.2. The highest BCUT2D eigenvalue weighted by atomic mass is 16.5. The first-order valence-electron chi connectivity index (χ1n) is 7.14. The zero-order valence-corrected chi connectivity index (χ0v) is 13.3. The van der Waals surface area contributed by atoms with Gasteiger partial charge in [0.05, 0.1) is 0 Å². The standard InChI is InChI=1S/C15H27N3O2/c1-12(2)10-18-8-7-16-13(14(18)19)17-11-15(3,4)6-9-20-5/h7-8,12H,6,9-11H2,1-5H3,(H,16,17). The van der Waals surface area contributed by atoms with Gasteiger partial charge in [-0.2, -0.15) is 0 Å². The van der Waals surface area contributed by atoms with Gasteiger partial charge in [-0.3, -0.25) is 4.79 Å². The van der Waals surface area contributed by atoms with Crippen LogP contribution in [0.15, 0.2) is 17.2 Å². The summed E-state index contributed by atoms with van der Waals surface area (Å²) in [7, 11) is 1.70. The van der Waals surface area contributed by atoms with Crippen molar-refractivity contribution in [1.29, 1.82) is 0 Å². The van der Waals surface area contributed by atoms with Crippen LogP contribution in [0.1, 0.15) is 34.1 Å². The topological polar surface area (TPSA) is 56.1 Å². The number of methoxy groups -OCH3 is 1. The van der Waals surface area contributed by atoms with Crippen molar-refractivity contribution in [2.75, 3.05) is 25.6 Å². The lowest BCUT2D eigenvalue weighted by atomic mass is 9.90. The second-order valence-corrected chi connectivity index (χ2v) is 6.39. The van der Waals surface area contributed by atoms with Crippen LogP contribution in [0, 0.1) is 11.3 Å². The SMILES string of the molecule is COCCC(C)(C)CNc1nccn(CC(C)C)c1=O. The maximum absolute atomic E-state index is 12.2. The second-order valence-electron chi connectivity index (χ2n) is 6.39. The number of aromatic nitrogens is 2. The van der Waals surface area contributed by atoms with E-state index in [1.807, 2.05) is 0 Å². The summed E-state index contributed by atoms with van der Waals surface area (Å²) in [6.45, 7) is 10.6. The van der Waals surface area contributed by atoms with E-state index in [0.717, 1.165) is 6.42 Å². The van der Waals surface area contributed by atoms with Crippen molar-refractivity contribution in [1.82, 2.24) is 9.55 Å². The minimum Gasteiger partial charge on any atom is -0.385 e. The summed E-state index contributed by atoms with van der Waals surface area (Å²) in [6.07, 6.45) is 4.35. The van der Waals surface area contributed by atoms with E-state index in [4.69, 9.17) is 4.74 Å². The molecule has 5 nitrogen and oxygen atoms in total. The number of rotatable bonds is 8. The van der Waals surface area contributed by atoms with E-state index in [2.05, 4.69) is 38.0 Å². The van der Waals surface area contributed by atoms with Gasteiger partial charge < -0.3 is 14.6 Å². The van der Waals surface area contributed by atoms with Crippen LogP contribution < -0.4 is 10.9 Å². The van der Waals surface area contributed by atoms with E-state index in [-0.39, 0.29) is 11.0 Å². The van der Waals surface area contributed by atoms with Crippen LogP contribution in [-0.2, 0) is 11.3 Å². The molecule has 0 aliphatic rings. The molecule has 0 saturated carbocycles. The molecule has 1 aromatic rings. The fourth-order valence-corrected chi connectivity index (χ4v) is 1.90. The Labute approximate surface area is 121 Å². The normalized spacial score (nSPS) is 11.9. The third kappa shape index (κ3) is 5.33. The number of nitrogens with one attached hydrogen (secondary N) is 1. The molecule has 0 unspecified atom stereocenters. The average molecular weight is 281 g/mol. The third-order valence-corrected chi connectivity index (χ3v) is 3.19. The Bertz CT molecular complexity index is 466. The molecule has 0 aromatic carbocycles. The summed E-state index contributed by atoms with van der Waals surface area (Å²) in [5.74, 6) is 0.861. The Morgan fingerprint density at radius 3 is 2.75 bits per heavy atom. The van der Waals surface area contributed by atoms with Gasteiger partial charge in [0.2, 0.25) is 0 Å². The van der Waals surface area contributed by atoms with Crippen molar-refractivity contribution in [3.63, 3.8) is 0 Å². The minimum atomic E-state index is -0.0521. The van der Waals surface area contributed by atoms with Gasteiger partial charge in [-0.05, 0) is 17.8 Å². The van der Waals surface area contributed by atoms with Crippen LogP contribution in [-0.4, -0.2) is 29.8 Å². The summed E-state index contributed by atoms with van der Waals surface area (Å²) in [4.78, 5) is 16.4. The van der Waals surface area contributed by atoms with Crippen LogP contribution in [0.25, 0.3) is 0 Å². The summed E-state index contributed by atoms with van der Waals surface area (Å²) in [6, 6.07) is 0. The molecule has 1 N–H and O–H groups in total. The van der Waals surface area contributed by atoms with Crippen molar-refractivity contribution in [3.8, 4) is 0 Å². The summed E-state index contributed by atoms with van der Waals surface area (Å²) >= 11 is 0. The van der Waals surface area contributed by atoms with Gasteiger partial charge >= 0.3 is 0 Å². The van der Waals surface area contributed by atoms with Crippen LogP contribution in [0.3, 0.4) is 0 Å². The average Bonchev–Trinajstić information content (AvgIpc) is 2.37. The fraction of sp³-hybridized carbons (Fsp3) is 0.733. The van der Waals surface area contributed by atoms with Crippen molar-refractivity contribution < 1.29 is 4.74 Å². The predicted molar refractivity (Wildman–Crippen MR) is 82.1 cm³/mol. The van der Waals surface area contributed by atoms with E-state index >= 15 is 0 Å². The molecule has 0 aliphatic carbocycles. The van der Waals surface area contributed by atoms with Gasteiger partial charge in [0, 0.05) is 39.2 Å². The molecule has 0 aliphatic heterocycles. The summed E-state index contributed by atoms with van der Waals surface area (Å²) < 4.78 is 6.82. The molecule has 20 heavy (non-hydrogen) atoms. The molecule has 5 heteroatoms. The van der Waals surface area contributed by atoms with Crippen LogP contribution in [0.4, 0.5) is 5.82 Å². The van der Waals surface area contributed by atoms with Crippen LogP contribution in [0.2, 0.25) is 0 Å². The Kier molecular flexibility index (Phi) is 6.20. The second kappa shape index (κ2) is 7.43. The highest BCUT2D eigenvalue weighted by Crippen LogP contribution is 2.20. The first-order valence-corrected chi connectivity index (χ1v) is 7.14. The first-order chi connectivity index (χ1) is 9.35. The number of anilines is 1. The van der Waals surface area contributed by atoms with E-state index in [9.17, 15) is 4.79 Å². The van der Waals surface area contributed by atoms with E-state index in [0.29, 0.717) is 31.4 Å². The molecule has 1 heterocycles. The van der Waals surface area contributed by atoms with Crippen molar-refractivity contribution >= 4 is 5.82 Å². The molecular weight excluding hydrogens is 254 g/mol. The number of hydrogen-bond donors (Lipinski definition) is 1. The van der Waals surface area contributed by atoms with Crippen molar-refractivity contribution in [2.45, 2.75) is 40.7 Å². The molecule has 0 amide bonds. The number of hydrogen-bond acceptors (Lipinski definition) is 4. The summed E-state index contributed by atoms with van der Waals surface area (Å²) in [5, 5.41) is 3.18. The maximum Gasteiger partial charge on any atom is 0.293 e. The predicted octanol–water partition coefficient (Wildman–Crippen LogP) is 2.37. The van der Waals surface area contributed by atoms with Gasteiger partial charge in [0.25, 0.3) is 5.56 Å². The molecule has 114 valence electrons. The maximum atomic E-state index is 12.2. The monoisotopic (exact) mass is 281 g/mol. The Hall–Kier alpha value is -1.36. The fourth-order valence-electron chi connectivity index (χ4n) is 1.90. The molecule has 0 atom stereocenters. The Morgan fingerprint density at radius 1 is 1.45 bits per heavy atom. The highest BCUT2D eigenvalue weighted by Gasteiger charge is 2.18. The van der Waals surface area contributed by atoms with Gasteiger partial charge in [-0.25, -0.2) is 4.98 Å². The molecule has 0 radical (unpaired) electrons. The van der Waals surface area contributed by atoms with Crippen LogP contribution >= 0.6 is 0 Å². The molecule has 0 fully saturated rings. The zero-order valence-electron chi connectivity index (χ0n) is 13.3. The molecule has 0 bridgehead atoms. The van der Waals surface area contributed by atoms with Gasteiger partial charge in [0.15, 0.2) is 5.82 Å². The molecule has 0 saturated heterocycles. The minimum absolute atomic E-state index is 0.0521. The molecule has 0 spiro atoms. The first kappa shape index (κ1) is 16.7. The number of nitrogens with zero attached hydrogens (tertiary/aromatic N) is 2. The molecule has 1 aromatic heterocycles. The van der Waals surface area contributed by atoms with E-state index in [1.165, 1.54) is 0 Å². The Morgan fingerprint density at radius 2 is 2.15 bits per heavy atom. The van der Waals surface area contributed by atoms with Gasteiger partial charge in [0.1, 0.15) is 0 Å². The van der Waals surface area contributed by atoms with Crippen molar-refractivity contribution in [3.05, 3.63) is 22.7 Å². The third-order valence-electron chi connectivity index (χ3n) is 3.19. The quantitative estimate of drug-likeness (QED) is 0.795. The van der Waals surface area contributed by atoms with E-state index in [1.54, 1.807) is 24.1 Å². The lowest BCUT2D eigenvalue weighted by Crippen LogP contribution is -2.30. The van der Waals surface area contributed by atoms with Crippen molar-refractivity contribution in [2.24, 2.45) is 11.3 Å². The highest BCUT2D eigenvalue weighted by molar-refractivity contribution is 5.31. The molecule has 1 rings (SSSR count). The van der Waals surface area contributed by atoms with E-state index < -0.39 is 0 Å². The van der Waals surface area contributed by atoms with Crippen LogP contribution in [0.5, 0.6) is 0 Å². The smallest absolute Gasteiger partial charge is 0.293 e. The summed E-state index contributed by atoms with van der Waals surface area (Å²) in [5.41, 5.74) is 0.00629.